The molecule has 0 atom stereocenters. The zero-order valence-corrected chi connectivity index (χ0v) is 5.81. The zero-order chi connectivity index (χ0) is 7.56. The van der Waals surface area contributed by atoms with Crippen LogP contribution in [-0.4, -0.2) is 12.6 Å². The Hall–Kier alpha value is -1.23. The minimum absolute atomic E-state index is 0.254. The molecular formula is C8H8O2. The van der Waals surface area contributed by atoms with Gasteiger partial charge in [0.25, 0.3) is 0 Å². The number of rotatable bonds is 0. The third-order valence-electron chi connectivity index (χ3n) is 1.50. The van der Waals surface area contributed by atoms with Gasteiger partial charge in [-0.25, -0.2) is 4.79 Å². The van der Waals surface area contributed by atoms with Crippen molar-refractivity contribution in [1.82, 2.24) is 0 Å². The van der Waals surface area contributed by atoms with E-state index in [4.69, 9.17) is 11.2 Å². The molecule has 0 spiro atoms. The molecule has 0 aromatic rings. The van der Waals surface area contributed by atoms with Gasteiger partial charge < -0.3 is 4.74 Å². The van der Waals surface area contributed by atoms with Crippen molar-refractivity contribution in [3.8, 4) is 12.3 Å². The summed E-state index contributed by atoms with van der Waals surface area (Å²) in [7, 11) is 0. The minimum Gasteiger partial charge on any atom is -0.462 e. The van der Waals surface area contributed by atoms with Crippen molar-refractivity contribution < 1.29 is 9.53 Å². The first kappa shape index (κ1) is 6.88. The van der Waals surface area contributed by atoms with Crippen LogP contribution in [0.25, 0.3) is 0 Å². The lowest BCUT2D eigenvalue weighted by Crippen LogP contribution is -1.96. The molecule has 0 amide bonds. The van der Waals surface area contributed by atoms with Crippen LogP contribution in [-0.2, 0) is 9.53 Å². The van der Waals surface area contributed by atoms with Crippen LogP contribution in [0.4, 0.5) is 0 Å². The molecule has 2 nitrogen and oxygen atoms in total. The molecule has 1 saturated heterocycles. The van der Waals surface area contributed by atoms with Gasteiger partial charge in [0.05, 0.1) is 12.2 Å². The highest BCUT2D eigenvalue weighted by Crippen LogP contribution is 2.16. The molecule has 0 N–H and O–H groups in total. The van der Waals surface area contributed by atoms with Gasteiger partial charge >= 0.3 is 5.97 Å². The van der Waals surface area contributed by atoms with E-state index in [-0.39, 0.29) is 5.97 Å². The van der Waals surface area contributed by atoms with Crippen molar-refractivity contribution in [3.63, 3.8) is 0 Å². The van der Waals surface area contributed by atoms with Crippen LogP contribution in [0, 0.1) is 12.3 Å². The van der Waals surface area contributed by atoms with E-state index in [0.717, 1.165) is 0 Å². The Balaban J connectivity index is 2.93. The average molecular weight is 136 g/mol. The fourth-order valence-electron chi connectivity index (χ4n) is 0.863. The lowest BCUT2D eigenvalue weighted by atomic mass is 10.1. The lowest BCUT2D eigenvalue weighted by molar-refractivity contribution is -0.135. The Morgan fingerprint density at radius 2 is 2.50 bits per heavy atom. The lowest BCUT2D eigenvalue weighted by Gasteiger charge is -1.91. The summed E-state index contributed by atoms with van der Waals surface area (Å²) in [4.78, 5) is 10.8. The predicted octanol–water partition coefficient (Wildman–Crippen LogP) is 0.883. The quantitative estimate of drug-likeness (QED) is 0.281. The number of allylic oxidation sites excluding steroid dienone is 1. The third kappa shape index (κ3) is 1.03. The summed E-state index contributed by atoms with van der Waals surface area (Å²) in [6, 6.07) is 0. The molecule has 1 heterocycles. The number of esters is 1. The molecule has 1 aliphatic rings. The van der Waals surface area contributed by atoms with Crippen LogP contribution < -0.4 is 0 Å². The smallest absolute Gasteiger partial charge is 0.335 e. The summed E-state index contributed by atoms with van der Waals surface area (Å²) in [5.41, 5.74) is 1.35. The Morgan fingerprint density at radius 1 is 1.80 bits per heavy atom. The summed E-state index contributed by atoms with van der Waals surface area (Å²) >= 11 is 0. The largest absolute Gasteiger partial charge is 0.462 e. The van der Waals surface area contributed by atoms with Gasteiger partial charge in [0.1, 0.15) is 0 Å². The monoisotopic (exact) mass is 136 g/mol. The van der Waals surface area contributed by atoms with Gasteiger partial charge in [-0.1, -0.05) is 5.92 Å². The van der Waals surface area contributed by atoms with E-state index in [1.54, 1.807) is 6.92 Å². The summed E-state index contributed by atoms with van der Waals surface area (Å²) in [6.07, 6.45) is 5.76. The normalized spacial score (nSPS) is 21.8. The van der Waals surface area contributed by atoms with Crippen LogP contribution in [0.15, 0.2) is 11.1 Å². The average Bonchev–Trinajstić information content (AvgIpc) is 2.34. The highest BCUT2D eigenvalue weighted by atomic mass is 16.5. The van der Waals surface area contributed by atoms with Gasteiger partial charge in [0.15, 0.2) is 0 Å². The SMILES string of the molecule is C#C/C(C)=C1\CCOC1=O. The molecule has 10 heavy (non-hydrogen) atoms. The summed E-state index contributed by atoms with van der Waals surface area (Å²) in [5, 5.41) is 0. The predicted molar refractivity (Wildman–Crippen MR) is 37.1 cm³/mol. The van der Waals surface area contributed by atoms with Crippen LogP contribution >= 0.6 is 0 Å². The number of terminal acetylenes is 1. The van der Waals surface area contributed by atoms with Gasteiger partial charge in [-0.2, -0.15) is 0 Å². The first-order valence-electron chi connectivity index (χ1n) is 3.09. The number of hydrogen-bond donors (Lipinski definition) is 0. The molecule has 0 aromatic heterocycles. The minimum atomic E-state index is -0.254. The van der Waals surface area contributed by atoms with E-state index in [0.29, 0.717) is 24.2 Å². The van der Waals surface area contributed by atoms with E-state index in [1.165, 1.54) is 0 Å². The summed E-state index contributed by atoms with van der Waals surface area (Å²) in [6.45, 7) is 2.23. The molecule has 0 unspecified atom stereocenters. The van der Waals surface area contributed by atoms with Crippen molar-refractivity contribution in [2.75, 3.05) is 6.61 Å². The molecule has 2 heteroatoms. The summed E-state index contributed by atoms with van der Waals surface area (Å²) in [5.74, 6) is 2.16. The van der Waals surface area contributed by atoms with Crippen LogP contribution in [0.3, 0.4) is 0 Å². The molecule has 1 fully saturated rings. The second-order valence-electron chi connectivity index (χ2n) is 2.13. The fraction of sp³-hybridized carbons (Fsp3) is 0.375. The topological polar surface area (TPSA) is 26.3 Å². The number of hydrogen-bond acceptors (Lipinski definition) is 2. The van der Waals surface area contributed by atoms with Crippen molar-refractivity contribution in [1.29, 1.82) is 0 Å². The Kier molecular flexibility index (Phi) is 1.77. The maximum atomic E-state index is 10.8. The number of carbonyl (C=O) groups is 1. The van der Waals surface area contributed by atoms with Gasteiger partial charge in [0.2, 0.25) is 0 Å². The highest BCUT2D eigenvalue weighted by molar-refractivity contribution is 5.91. The van der Waals surface area contributed by atoms with Gasteiger partial charge in [0, 0.05) is 12.0 Å². The second kappa shape index (κ2) is 2.57. The van der Waals surface area contributed by atoms with Gasteiger partial charge in [-0.3, -0.25) is 0 Å². The van der Waals surface area contributed by atoms with Crippen LogP contribution in [0.5, 0.6) is 0 Å². The molecule has 0 aromatic carbocycles. The molecule has 0 saturated carbocycles. The van der Waals surface area contributed by atoms with Crippen LogP contribution in [0.2, 0.25) is 0 Å². The molecule has 1 aliphatic heterocycles. The zero-order valence-electron chi connectivity index (χ0n) is 5.81. The maximum absolute atomic E-state index is 10.8. The molecule has 52 valence electrons. The highest BCUT2D eigenvalue weighted by Gasteiger charge is 2.20. The fourth-order valence-corrected chi connectivity index (χ4v) is 0.863. The van der Waals surface area contributed by atoms with E-state index >= 15 is 0 Å². The van der Waals surface area contributed by atoms with Gasteiger partial charge in [-0.15, -0.1) is 6.42 Å². The maximum Gasteiger partial charge on any atom is 0.335 e. The molecule has 0 bridgehead atoms. The third-order valence-corrected chi connectivity index (χ3v) is 1.50. The summed E-state index contributed by atoms with van der Waals surface area (Å²) < 4.78 is 4.70. The van der Waals surface area contributed by atoms with Gasteiger partial charge in [-0.05, 0) is 6.92 Å². The molecule has 0 radical (unpaired) electrons. The van der Waals surface area contributed by atoms with Crippen molar-refractivity contribution >= 4 is 5.97 Å². The van der Waals surface area contributed by atoms with Crippen molar-refractivity contribution in [3.05, 3.63) is 11.1 Å². The number of cyclic esters (lactones) is 1. The van der Waals surface area contributed by atoms with Crippen molar-refractivity contribution in [2.45, 2.75) is 13.3 Å². The number of ether oxygens (including phenoxy) is 1. The van der Waals surface area contributed by atoms with E-state index < -0.39 is 0 Å². The Morgan fingerprint density at radius 3 is 2.90 bits per heavy atom. The Bertz CT molecular complexity index is 230. The molecular weight excluding hydrogens is 128 g/mol. The van der Waals surface area contributed by atoms with E-state index in [2.05, 4.69) is 5.92 Å². The number of carbonyl (C=O) groups excluding carboxylic acids is 1. The second-order valence-corrected chi connectivity index (χ2v) is 2.13. The molecule has 0 aliphatic carbocycles. The Labute approximate surface area is 59.9 Å². The molecule has 1 rings (SSSR count). The first-order valence-corrected chi connectivity index (χ1v) is 3.09. The first-order chi connectivity index (χ1) is 4.75. The standard InChI is InChI=1S/C8H8O2/c1-3-6(2)7-4-5-10-8(7)9/h1H,4-5H2,2H3/b7-6+. The van der Waals surface area contributed by atoms with E-state index in [1.807, 2.05) is 0 Å². The van der Waals surface area contributed by atoms with E-state index in [9.17, 15) is 4.79 Å². The van der Waals surface area contributed by atoms with Crippen LogP contribution in [0.1, 0.15) is 13.3 Å². The van der Waals surface area contributed by atoms with Crippen molar-refractivity contribution in [2.24, 2.45) is 0 Å².